The van der Waals surface area contributed by atoms with E-state index in [1.165, 1.54) is 0 Å². The number of aliphatic hydroxyl groups is 1. The van der Waals surface area contributed by atoms with Gasteiger partial charge in [-0.3, -0.25) is 0 Å². The first kappa shape index (κ1) is 17.0. The largest absolute Gasteiger partial charge is 0.456 e. The highest BCUT2D eigenvalue weighted by Gasteiger charge is 2.53. The van der Waals surface area contributed by atoms with Gasteiger partial charge >= 0.3 is 5.97 Å². The molecule has 0 saturated carbocycles. The summed E-state index contributed by atoms with van der Waals surface area (Å²) in [4.78, 5) is 12.7. The van der Waals surface area contributed by atoms with Gasteiger partial charge < -0.3 is 14.6 Å². The van der Waals surface area contributed by atoms with Gasteiger partial charge in [0, 0.05) is 25.6 Å². The molecule has 6 heteroatoms. The molecule has 3 aromatic rings. The fourth-order valence-corrected chi connectivity index (χ4v) is 4.49. The number of fused-ring (bicyclic) bond motifs is 6. The van der Waals surface area contributed by atoms with Gasteiger partial charge in [-0.25, -0.2) is 4.79 Å². The molecule has 0 radical (unpaired) electrons. The van der Waals surface area contributed by atoms with Crippen molar-refractivity contribution in [2.75, 3.05) is 0 Å². The number of esters is 1. The number of aliphatic hydroxyl groups excluding tert-OH is 1. The van der Waals surface area contributed by atoms with E-state index in [0.717, 1.165) is 31.2 Å². The van der Waals surface area contributed by atoms with Gasteiger partial charge in [0.25, 0.3) is 0 Å². The second kappa shape index (κ2) is 5.92. The van der Waals surface area contributed by atoms with Gasteiger partial charge in [0.05, 0.1) is 12.2 Å². The summed E-state index contributed by atoms with van der Waals surface area (Å²) in [6.45, 7) is -0.117. The molecule has 2 heterocycles. The quantitative estimate of drug-likeness (QED) is 0.475. The van der Waals surface area contributed by atoms with E-state index in [9.17, 15) is 9.90 Å². The zero-order valence-corrected chi connectivity index (χ0v) is 17.0. The molecule has 1 N–H and O–H groups in total. The van der Waals surface area contributed by atoms with Gasteiger partial charge in [0.1, 0.15) is 11.5 Å². The van der Waals surface area contributed by atoms with Gasteiger partial charge in [-0.1, -0.05) is 37.9 Å². The van der Waals surface area contributed by atoms with E-state index in [4.69, 9.17) is 9.47 Å². The van der Waals surface area contributed by atoms with Crippen LogP contribution in [0.2, 0.25) is 0 Å². The highest BCUT2D eigenvalue weighted by atomic mass is 79.9. The molecule has 2 aliphatic heterocycles. The lowest BCUT2D eigenvalue weighted by atomic mass is 9.77. The minimum absolute atomic E-state index is 0.117. The molecular formula is C21H12Br2O4. The van der Waals surface area contributed by atoms with E-state index in [1.807, 2.05) is 42.5 Å². The van der Waals surface area contributed by atoms with Crippen molar-refractivity contribution in [1.82, 2.24) is 0 Å². The second-order valence-electron chi connectivity index (χ2n) is 6.49. The summed E-state index contributed by atoms with van der Waals surface area (Å²) in [6, 6.07) is 16.6. The van der Waals surface area contributed by atoms with Crippen LogP contribution in [0, 0.1) is 0 Å². The maximum Gasteiger partial charge on any atom is 0.340 e. The third-order valence-corrected chi connectivity index (χ3v) is 5.96. The maximum absolute atomic E-state index is 12.7. The Morgan fingerprint density at radius 2 is 1.48 bits per heavy atom. The fraction of sp³-hybridized carbons (Fsp3) is 0.0952. The van der Waals surface area contributed by atoms with Crippen molar-refractivity contribution in [3.63, 3.8) is 0 Å². The van der Waals surface area contributed by atoms with Crippen LogP contribution in [0.3, 0.4) is 0 Å². The molecule has 0 aromatic heterocycles. The molecule has 3 aromatic carbocycles. The minimum atomic E-state index is -1.11. The predicted molar refractivity (Wildman–Crippen MR) is 106 cm³/mol. The Labute approximate surface area is 172 Å². The van der Waals surface area contributed by atoms with Crippen LogP contribution in [0.1, 0.15) is 32.6 Å². The van der Waals surface area contributed by atoms with E-state index < -0.39 is 5.60 Å². The third kappa shape index (κ3) is 2.33. The number of carbonyl (C=O) groups excluding carboxylic acids is 1. The molecule has 0 saturated heterocycles. The van der Waals surface area contributed by atoms with Crippen LogP contribution in [0.15, 0.2) is 63.5 Å². The first-order valence-electron chi connectivity index (χ1n) is 8.28. The number of rotatable bonds is 1. The summed E-state index contributed by atoms with van der Waals surface area (Å²) in [6.07, 6.45) is 0. The molecule has 0 amide bonds. The predicted octanol–water partition coefficient (Wildman–Crippen LogP) is 5.27. The smallest absolute Gasteiger partial charge is 0.340 e. The molecule has 1 spiro atoms. The lowest BCUT2D eigenvalue weighted by Gasteiger charge is -2.36. The molecule has 2 aliphatic rings. The third-order valence-electron chi connectivity index (χ3n) is 4.98. The number of hydrogen-bond donors (Lipinski definition) is 1. The molecule has 27 heavy (non-hydrogen) atoms. The number of hydrogen-bond acceptors (Lipinski definition) is 4. The van der Waals surface area contributed by atoms with Gasteiger partial charge in [0.2, 0.25) is 0 Å². The van der Waals surface area contributed by atoms with Crippen LogP contribution in [0.25, 0.3) is 0 Å². The zero-order chi connectivity index (χ0) is 18.8. The highest BCUT2D eigenvalue weighted by molar-refractivity contribution is 9.10. The van der Waals surface area contributed by atoms with E-state index in [1.54, 1.807) is 12.1 Å². The Bertz CT molecular complexity index is 1070. The fourth-order valence-electron chi connectivity index (χ4n) is 3.81. The SMILES string of the molecule is O=C1OC2(c3ccc(Br)cc3Oc3cc(Br)ccc32)c2cc(CO)ccc21. The van der Waals surface area contributed by atoms with E-state index in [0.29, 0.717) is 17.1 Å². The zero-order valence-electron chi connectivity index (χ0n) is 13.8. The summed E-state index contributed by atoms with van der Waals surface area (Å²) >= 11 is 6.96. The Kier molecular flexibility index (Phi) is 3.73. The Morgan fingerprint density at radius 1 is 0.852 bits per heavy atom. The van der Waals surface area contributed by atoms with Crippen LogP contribution in [-0.4, -0.2) is 11.1 Å². The molecule has 5 rings (SSSR count). The summed E-state index contributed by atoms with van der Waals surface area (Å²) < 4.78 is 13.9. The van der Waals surface area contributed by atoms with Crippen molar-refractivity contribution in [2.45, 2.75) is 12.2 Å². The number of ether oxygens (including phenoxy) is 2. The monoisotopic (exact) mass is 486 g/mol. The lowest BCUT2D eigenvalue weighted by Crippen LogP contribution is -2.33. The molecule has 0 fully saturated rings. The Hall–Kier alpha value is -2.15. The Morgan fingerprint density at radius 3 is 2.07 bits per heavy atom. The van der Waals surface area contributed by atoms with Crippen molar-refractivity contribution < 1.29 is 19.4 Å². The second-order valence-corrected chi connectivity index (χ2v) is 8.32. The van der Waals surface area contributed by atoms with Crippen LogP contribution >= 0.6 is 31.9 Å². The molecule has 4 nitrogen and oxygen atoms in total. The standard InChI is InChI=1S/C21H12Br2O4/c22-12-2-5-15-18(8-12)26-19-9-13(23)3-6-16(19)21(15)17-7-11(10-24)1-4-14(17)20(25)27-21/h1-9,24H,10H2. The van der Waals surface area contributed by atoms with Crippen molar-refractivity contribution in [3.05, 3.63) is 91.4 Å². The Balaban J connectivity index is 1.90. The molecule has 134 valence electrons. The van der Waals surface area contributed by atoms with Crippen LogP contribution in [-0.2, 0) is 16.9 Å². The maximum atomic E-state index is 12.7. The van der Waals surface area contributed by atoms with Gasteiger partial charge in [-0.2, -0.15) is 0 Å². The van der Waals surface area contributed by atoms with E-state index in [-0.39, 0.29) is 12.6 Å². The summed E-state index contributed by atoms with van der Waals surface area (Å²) in [5.41, 5.74) is 2.33. The summed E-state index contributed by atoms with van der Waals surface area (Å²) in [7, 11) is 0. The van der Waals surface area contributed by atoms with E-state index >= 15 is 0 Å². The number of benzene rings is 3. The first-order chi connectivity index (χ1) is 13.0. The van der Waals surface area contributed by atoms with Gasteiger partial charge in [0.15, 0.2) is 5.60 Å². The summed E-state index contributed by atoms with van der Waals surface area (Å²) in [5.74, 6) is 0.842. The van der Waals surface area contributed by atoms with Gasteiger partial charge in [-0.15, -0.1) is 0 Å². The van der Waals surface area contributed by atoms with Crippen LogP contribution in [0.5, 0.6) is 11.5 Å². The lowest BCUT2D eigenvalue weighted by molar-refractivity contribution is 0.0224. The van der Waals surface area contributed by atoms with Crippen LogP contribution in [0.4, 0.5) is 0 Å². The summed E-state index contributed by atoms with van der Waals surface area (Å²) in [5, 5.41) is 9.62. The van der Waals surface area contributed by atoms with Crippen molar-refractivity contribution in [2.24, 2.45) is 0 Å². The average Bonchev–Trinajstić information content (AvgIpc) is 2.94. The van der Waals surface area contributed by atoms with Gasteiger partial charge in [-0.05, 0) is 54.1 Å². The molecule has 0 unspecified atom stereocenters. The van der Waals surface area contributed by atoms with Crippen molar-refractivity contribution >= 4 is 37.8 Å². The van der Waals surface area contributed by atoms with Crippen molar-refractivity contribution in [3.8, 4) is 11.5 Å². The molecule has 0 bridgehead atoms. The first-order valence-corrected chi connectivity index (χ1v) is 9.87. The number of carbonyl (C=O) groups is 1. The average molecular weight is 488 g/mol. The number of halogens is 2. The van der Waals surface area contributed by atoms with Crippen molar-refractivity contribution in [1.29, 1.82) is 0 Å². The van der Waals surface area contributed by atoms with E-state index in [2.05, 4.69) is 31.9 Å². The topological polar surface area (TPSA) is 55.8 Å². The normalized spacial score (nSPS) is 15.6. The minimum Gasteiger partial charge on any atom is -0.456 e. The highest BCUT2D eigenvalue weighted by Crippen LogP contribution is 2.56. The molecule has 0 atom stereocenters. The molecular weight excluding hydrogens is 476 g/mol. The molecule has 0 aliphatic carbocycles. The van der Waals surface area contributed by atoms with Crippen LogP contribution < -0.4 is 4.74 Å².